The van der Waals surface area contributed by atoms with Crippen LogP contribution in [0.5, 0.6) is 11.5 Å². The van der Waals surface area contributed by atoms with Crippen LogP contribution in [0.15, 0.2) is 24.4 Å². The number of ether oxygens (including phenoxy) is 2. The van der Waals surface area contributed by atoms with Crippen molar-refractivity contribution in [3.8, 4) is 17.6 Å². The van der Waals surface area contributed by atoms with Gasteiger partial charge in [-0.05, 0) is 19.1 Å². The third kappa shape index (κ3) is 3.39. The average molecular weight is 289 g/mol. The van der Waals surface area contributed by atoms with E-state index in [9.17, 15) is 0 Å². The molecule has 20 heavy (non-hydrogen) atoms. The molecule has 0 radical (unpaired) electrons. The number of nitriles is 1. The van der Waals surface area contributed by atoms with Gasteiger partial charge in [0.1, 0.15) is 6.61 Å². The lowest BCUT2D eigenvalue weighted by atomic mass is 10.2. The summed E-state index contributed by atoms with van der Waals surface area (Å²) in [6, 6.07) is 7.17. The standard InChI is InChI=1S/C14H15N3O2S/c1-3-16-14-17-8-11(20-14)9-19-12-5-4-10(7-15)6-13(12)18-2/h4-6,8H,3,9H2,1-2H3,(H,16,17). The van der Waals surface area contributed by atoms with E-state index in [1.807, 2.05) is 6.92 Å². The Morgan fingerprint density at radius 3 is 2.95 bits per heavy atom. The number of nitrogens with one attached hydrogen (secondary N) is 1. The number of hydrogen-bond donors (Lipinski definition) is 1. The number of aromatic nitrogens is 1. The first-order chi connectivity index (χ1) is 9.76. The average Bonchev–Trinajstić information content (AvgIpc) is 2.93. The van der Waals surface area contributed by atoms with E-state index in [1.54, 1.807) is 42.8 Å². The van der Waals surface area contributed by atoms with Crippen molar-refractivity contribution in [2.45, 2.75) is 13.5 Å². The zero-order chi connectivity index (χ0) is 14.4. The van der Waals surface area contributed by atoms with Crippen LogP contribution < -0.4 is 14.8 Å². The minimum Gasteiger partial charge on any atom is -0.493 e. The highest BCUT2D eigenvalue weighted by atomic mass is 32.1. The predicted octanol–water partition coefficient (Wildman–Crippen LogP) is 3.03. The van der Waals surface area contributed by atoms with E-state index in [2.05, 4.69) is 16.4 Å². The van der Waals surface area contributed by atoms with Crippen molar-refractivity contribution in [2.24, 2.45) is 0 Å². The quantitative estimate of drug-likeness (QED) is 0.885. The molecule has 1 aromatic heterocycles. The smallest absolute Gasteiger partial charge is 0.182 e. The first kappa shape index (κ1) is 14.2. The molecule has 5 nitrogen and oxygen atoms in total. The molecule has 0 aliphatic carbocycles. The zero-order valence-corrected chi connectivity index (χ0v) is 12.2. The minimum atomic E-state index is 0.422. The minimum absolute atomic E-state index is 0.422. The molecule has 0 aliphatic heterocycles. The van der Waals surface area contributed by atoms with E-state index in [1.165, 1.54) is 0 Å². The van der Waals surface area contributed by atoms with Crippen LogP contribution in [0, 0.1) is 11.3 Å². The second kappa shape index (κ2) is 6.78. The van der Waals surface area contributed by atoms with E-state index in [-0.39, 0.29) is 0 Å². The van der Waals surface area contributed by atoms with Crippen LogP contribution in [0.1, 0.15) is 17.4 Å². The molecule has 104 valence electrons. The molecule has 1 aromatic carbocycles. The van der Waals surface area contributed by atoms with E-state index < -0.39 is 0 Å². The van der Waals surface area contributed by atoms with Gasteiger partial charge in [-0.1, -0.05) is 11.3 Å². The SMILES string of the molecule is CCNc1ncc(COc2ccc(C#N)cc2OC)s1. The number of thiazole rings is 1. The molecule has 0 saturated heterocycles. The van der Waals surface area contributed by atoms with E-state index in [0.717, 1.165) is 16.6 Å². The Labute approximate surface area is 121 Å². The lowest BCUT2D eigenvalue weighted by Crippen LogP contribution is -1.96. The van der Waals surface area contributed by atoms with E-state index in [0.29, 0.717) is 23.7 Å². The van der Waals surface area contributed by atoms with Crippen LogP contribution in [-0.4, -0.2) is 18.6 Å². The number of benzene rings is 1. The molecule has 0 atom stereocenters. The molecule has 2 rings (SSSR count). The molecule has 1 heterocycles. The summed E-state index contributed by atoms with van der Waals surface area (Å²) < 4.78 is 10.9. The van der Waals surface area contributed by atoms with Gasteiger partial charge in [0.05, 0.1) is 23.6 Å². The fourth-order valence-electron chi connectivity index (χ4n) is 1.61. The van der Waals surface area contributed by atoms with Crippen LogP contribution >= 0.6 is 11.3 Å². The number of methoxy groups -OCH3 is 1. The highest BCUT2D eigenvalue weighted by Gasteiger charge is 2.07. The van der Waals surface area contributed by atoms with Crippen LogP contribution in [0.4, 0.5) is 5.13 Å². The summed E-state index contributed by atoms with van der Waals surface area (Å²) in [6.45, 7) is 3.29. The van der Waals surface area contributed by atoms with Gasteiger partial charge in [-0.15, -0.1) is 0 Å². The number of hydrogen-bond acceptors (Lipinski definition) is 6. The van der Waals surface area contributed by atoms with Crippen LogP contribution in [0.25, 0.3) is 0 Å². The molecular formula is C14H15N3O2S. The van der Waals surface area contributed by atoms with Crippen molar-refractivity contribution in [1.29, 1.82) is 5.26 Å². The van der Waals surface area contributed by atoms with Crippen molar-refractivity contribution in [1.82, 2.24) is 4.98 Å². The normalized spacial score (nSPS) is 9.85. The van der Waals surface area contributed by atoms with Gasteiger partial charge in [-0.3, -0.25) is 0 Å². The Balaban J connectivity index is 2.04. The lowest BCUT2D eigenvalue weighted by Gasteiger charge is -2.09. The molecule has 1 N–H and O–H groups in total. The van der Waals surface area contributed by atoms with Crippen LogP contribution in [0.2, 0.25) is 0 Å². The Hall–Kier alpha value is -2.26. The van der Waals surface area contributed by atoms with Gasteiger partial charge in [0.25, 0.3) is 0 Å². The summed E-state index contributed by atoms with van der Waals surface area (Å²) in [7, 11) is 1.55. The van der Waals surface area contributed by atoms with Crippen molar-refractivity contribution in [3.05, 3.63) is 34.8 Å². The first-order valence-electron chi connectivity index (χ1n) is 6.16. The van der Waals surface area contributed by atoms with E-state index in [4.69, 9.17) is 14.7 Å². The van der Waals surface area contributed by atoms with Gasteiger partial charge in [-0.25, -0.2) is 4.98 Å². The summed E-state index contributed by atoms with van der Waals surface area (Å²) in [6.07, 6.45) is 1.79. The molecule has 0 fully saturated rings. The highest BCUT2D eigenvalue weighted by Crippen LogP contribution is 2.29. The molecule has 0 spiro atoms. The van der Waals surface area contributed by atoms with Crippen molar-refractivity contribution < 1.29 is 9.47 Å². The summed E-state index contributed by atoms with van der Waals surface area (Å²) in [5, 5.41) is 12.9. The second-order valence-corrected chi connectivity index (χ2v) is 5.04. The summed E-state index contributed by atoms with van der Waals surface area (Å²) in [5.74, 6) is 1.17. The predicted molar refractivity (Wildman–Crippen MR) is 78.3 cm³/mol. The van der Waals surface area contributed by atoms with Crippen molar-refractivity contribution >= 4 is 16.5 Å². The maximum atomic E-state index is 8.85. The second-order valence-electron chi connectivity index (χ2n) is 3.93. The summed E-state index contributed by atoms with van der Waals surface area (Å²) in [5.41, 5.74) is 0.543. The van der Waals surface area contributed by atoms with Crippen molar-refractivity contribution in [2.75, 3.05) is 19.0 Å². The topological polar surface area (TPSA) is 67.2 Å². The molecule has 0 bridgehead atoms. The van der Waals surface area contributed by atoms with Gasteiger partial charge in [0.15, 0.2) is 16.6 Å². The Morgan fingerprint density at radius 1 is 1.40 bits per heavy atom. The monoisotopic (exact) mass is 289 g/mol. The number of nitrogens with zero attached hydrogens (tertiary/aromatic N) is 2. The van der Waals surface area contributed by atoms with Crippen LogP contribution in [-0.2, 0) is 6.61 Å². The molecular weight excluding hydrogens is 274 g/mol. The molecule has 0 saturated carbocycles. The maximum Gasteiger partial charge on any atom is 0.182 e. The van der Waals surface area contributed by atoms with Gasteiger partial charge < -0.3 is 14.8 Å². The Bertz CT molecular complexity index is 619. The fraction of sp³-hybridized carbons (Fsp3) is 0.286. The lowest BCUT2D eigenvalue weighted by molar-refractivity contribution is 0.287. The largest absolute Gasteiger partial charge is 0.493 e. The van der Waals surface area contributed by atoms with Gasteiger partial charge >= 0.3 is 0 Å². The molecule has 6 heteroatoms. The Kier molecular flexibility index (Phi) is 4.80. The van der Waals surface area contributed by atoms with Gasteiger partial charge in [0.2, 0.25) is 0 Å². The molecule has 2 aromatic rings. The zero-order valence-electron chi connectivity index (χ0n) is 11.3. The van der Waals surface area contributed by atoms with Gasteiger partial charge in [0, 0.05) is 18.8 Å². The van der Waals surface area contributed by atoms with Crippen LogP contribution in [0.3, 0.4) is 0 Å². The number of rotatable bonds is 6. The Morgan fingerprint density at radius 2 is 2.25 bits per heavy atom. The third-order valence-electron chi connectivity index (χ3n) is 2.54. The molecule has 0 unspecified atom stereocenters. The maximum absolute atomic E-state index is 8.85. The van der Waals surface area contributed by atoms with Crippen molar-refractivity contribution in [3.63, 3.8) is 0 Å². The van der Waals surface area contributed by atoms with Gasteiger partial charge in [-0.2, -0.15) is 5.26 Å². The first-order valence-corrected chi connectivity index (χ1v) is 6.98. The third-order valence-corrected chi connectivity index (χ3v) is 3.47. The summed E-state index contributed by atoms with van der Waals surface area (Å²) in [4.78, 5) is 5.26. The fourth-order valence-corrected chi connectivity index (χ4v) is 2.41. The highest BCUT2D eigenvalue weighted by molar-refractivity contribution is 7.15. The summed E-state index contributed by atoms with van der Waals surface area (Å²) >= 11 is 1.56. The molecule has 0 aliphatic rings. The number of anilines is 1. The molecule has 0 amide bonds. The van der Waals surface area contributed by atoms with E-state index >= 15 is 0 Å².